The van der Waals surface area contributed by atoms with E-state index in [0.29, 0.717) is 57.4 Å². The molecule has 2 aliphatic rings. The lowest BCUT2D eigenvalue weighted by Crippen LogP contribution is -2.52. The summed E-state index contributed by atoms with van der Waals surface area (Å²) in [6.07, 6.45) is 6.79. The van der Waals surface area contributed by atoms with Crippen molar-refractivity contribution >= 4 is 22.0 Å². The van der Waals surface area contributed by atoms with E-state index in [4.69, 9.17) is 4.74 Å². The van der Waals surface area contributed by atoms with E-state index in [2.05, 4.69) is 9.62 Å². The Hall–Kier alpha value is -2.15. The fourth-order valence-electron chi connectivity index (χ4n) is 5.88. The number of ether oxygens (including phenoxy) is 1. The van der Waals surface area contributed by atoms with E-state index in [1.807, 2.05) is 25.7 Å². The second-order valence-electron chi connectivity index (χ2n) is 12.2. The number of nitrogens with zero attached hydrogens (tertiary/aromatic N) is 4. The minimum atomic E-state index is -3.62. The van der Waals surface area contributed by atoms with E-state index >= 15 is 0 Å². The first kappa shape index (κ1) is 33.4. The fourth-order valence-corrected chi connectivity index (χ4v) is 7.11. The Labute approximate surface area is 246 Å². The van der Waals surface area contributed by atoms with Crippen LogP contribution in [0.4, 0.5) is 14.9 Å². The molecule has 1 saturated carbocycles. The summed E-state index contributed by atoms with van der Waals surface area (Å²) in [4.78, 5) is 17.6. The summed E-state index contributed by atoms with van der Waals surface area (Å²) < 4.78 is 49.1. The van der Waals surface area contributed by atoms with Crippen LogP contribution in [0, 0.1) is 11.7 Å². The predicted octanol–water partition coefficient (Wildman–Crippen LogP) is 4.23. The number of rotatable bonds is 14. The maximum atomic E-state index is 13.6. The Morgan fingerprint density at radius 3 is 2.34 bits per heavy atom. The maximum Gasteiger partial charge on any atom is 0.407 e. The SMILES string of the molecule is COc1cc(F)ccc1N1CCN(S(=O)(=O)NCCCN(CCCN(C(=O)O)C(C)(C)C)CC2CCCCC2)CC1. The van der Waals surface area contributed by atoms with Gasteiger partial charge in [0.25, 0.3) is 10.2 Å². The zero-order valence-electron chi connectivity index (χ0n) is 25.3. The van der Waals surface area contributed by atoms with Crippen LogP contribution in [-0.4, -0.2) is 105 Å². The van der Waals surface area contributed by atoms with Crippen LogP contribution in [0.15, 0.2) is 18.2 Å². The lowest BCUT2D eigenvalue weighted by molar-refractivity contribution is 0.0951. The number of carbonyl (C=O) groups is 1. The zero-order valence-corrected chi connectivity index (χ0v) is 26.1. The van der Waals surface area contributed by atoms with Crippen molar-refractivity contribution in [2.24, 2.45) is 5.92 Å². The zero-order chi connectivity index (χ0) is 30.0. The van der Waals surface area contributed by atoms with Crippen molar-refractivity contribution in [1.29, 1.82) is 0 Å². The monoisotopic (exact) mass is 599 g/mol. The first-order valence-electron chi connectivity index (χ1n) is 15.0. The molecular formula is C29H50FN5O5S. The minimum absolute atomic E-state index is 0.331. The summed E-state index contributed by atoms with van der Waals surface area (Å²) in [6.45, 7) is 10.7. The number of piperazine rings is 1. The van der Waals surface area contributed by atoms with Crippen molar-refractivity contribution in [3.63, 3.8) is 0 Å². The molecule has 234 valence electrons. The van der Waals surface area contributed by atoms with Gasteiger partial charge in [-0.15, -0.1) is 0 Å². The van der Waals surface area contributed by atoms with Crippen molar-refractivity contribution < 1.29 is 27.4 Å². The summed E-state index contributed by atoms with van der Waals surface area (Å²) in [5.74, 6) is 0.710. The van der Waals surface area contributed by atoms with Gasteiger partial charge in [-0.05, 0) is 77.6 Å². The standard InChI is InChI=1S/C29H50FN5O5S/c1-29(2,3)35(28(36)37)17-9-16-32(23-24-10-6-5-7-11-24)15-8-14-31-41(38,39)34-20-18-33(19-21-34)26-13-12-25(30)22-27(26)40-4/h12-13,22,24,31H,5-11,14-21,23H2,1-4H3,(H,36,37). The third kappa shape index (κ3) is 10.3. The highest BCUT2D eigenvalue weighted by molar-refractivity contribution is 7.87. The molecule has 41 heavy (non-hydrogen) atoms. The van der Waals surface area contributed by atoms with Crippen LogP contribution in [0.2, 0.25) is 0 Å². The average molecular weight is 600 g/mol. The number of hydrogen-bond donors (Lipinski definition) is 2. The minimum Gasteiger partial charge on any atom is -0.494 e. The summed E-state index contributed by atoms with van der Waals surface area (Å²) in [5, 5.41) is 9.62. The van der Waals surface area contributed by atoms with Crippen LogP contribution in [0.3, 0.4) is 0 Å². The lowest BCUT2D eigenvalue weighted by atomic mass is 9.89. The normalized spacial score (nSPS) is 17.7. The molecule has 1 aliphatic carbocycles. The van der Waals surface area contributed by atoms with Gasteiger partial charge < -0.3 is 24.5 Å². The molecule has 0 bridgehead atoms. The Morgan fingerprint density at radius 1 is 1.07 bits per heavy atom. The van der Waals surface area contributed by atoms with Gasteiger partial charge in [0.2, 0.25) is 0 Å². The molecule has 1 aromatic carbocycles. The van der Waals surface area contributed by atoms with Gasteiger partial charge in [0, 0.05) is 57.4 Å². The van der Waals surface area contributed by atoms with Crippen molar-refractivity contribution in [3.05, 3.63) is 24.0 Å². The van der Waals surface area contributed by atoms with Crippen LogP contribution in [0.25, 0.3) is 0 Å². The Morgan fingerprint density at radius 2 is 1.73 bits per heavy atom. The third-order valence-electron chi connectivity index (χ3n) is 8.13. The number of hydrogen-bond acceptors (Lipinski definition) is 6. The molecule has 0 atom stereocenters. The van der Waals surface area contributed by atoms with Gasteiger partial charge in [0.05, 0.1) is 12.8 Å². The number of nitrogens with one attached hydrogen (secondary N) is 1. The van der Waals surface area contributed by atoms with E-state index in [1.54, 1.807) is 6.07 Å². The molecule has 0 spiro atoms. The van der Waals surface area contributed by atoms with E-state index in [0.717, 1.165) is 31.7 Å². The van der Waals surface area contributed by atoms with Crippen molar-refractivity contribution in [3.8, 4) is 5.75 Å². The van der Waals surface area contributed by atoms with Gasteiger partial charge in [0.15, 0.2) is 0 Å². The molecule has 1 aliphatic heterocycles. The summed E-state index contributed by atoms with van der Waals surface area (Å²) in [5.41, 5.74) is 0.306. The van der Waals surface area contributed by atoms with Crippen LogP contribution in [0.1, 0.15) is 65.7 Å². The number of amides is 1. The van der Waals surface area contributed by atoms with E-state index in [1.165, 1.54) is 60.6 Å². The second-order valence-corrected chi connectivity index (χ2v) is 14.0. The van der Waals surface area contributed by atoms with Gasteiger partial charge in [0.1, 0.15) is 11.6 Å². The maximum absolute atomic E-state index is 13.6. The molecule has 1 heterocycles. The third-order valence-corrected chi connectivity index (χ3v) is 9.75. The number of methoxy groups -OCH3 is 1. The van der Waals surface area contributed by atoms with E-state index in [-0.39, 0.29) is 5.82 Å². The summed E-state index contributed by atoms with van der Waals surface area (Å²) >= 11 is 0. The van der Waals surface area contributed by atoms with Crippen molar-refractivity contribution in [2.75, 3.05) is 70.9 Å². The first-order chi connectivity index (χ1) is 19.4. The van der Waals surface area contributed by atoms with Crippen molar-refractivity contribution in [1.82, 2.24) is 18.8 Å². The van der Waals surface area contributed by atoms with E-state index in [9.17, 15) is 22.7 Å². The number of benzene rings is 1. The van der Waals surface area contributed by atoms with Crippen LogP contribution >= 0.6 is 0 Å². The molecule has 10 nitrogen and oxygen atoms in total. The molecular weight excluding hydrogens is 549 g/mol. The highest BCUT2D eigenvalue weighted by atomic mass is 32.2. The molecule has 3 rings (SSSR count). The molecule has 2 fully saturated rings. The van der Waals surface area contributed by atoms with Crippen LogP contribution < -0.4 is 14.4 Å². The number of carboxylic acid groups (broad SMARTS) is 1. The van der Waals surface area contributed by atoms with Gasteiger partial charge in [-0.25, -0.2) is 13.9 Å². The highest BCUT2D eigenvalue weighted by Gasteiger charge is 2.28. The summed E-state index contributed by atoms with van der Waals surface area (Å²) in [6, 6.07) is 4.38. The highest BCUT2D eigenvalue weighted by Crippen LogP contribution is 2.30. The molecule has 1 saturated heterocycles. The van der Waals surface area contributed by atoms with Gasteiger partial charge in [-0.2, -0.15) is 12.7 Å². The van der Waals surface area contributed by atoms with E-state index < -0.39 is 21.8 Å². The number of halogens is 1. The lowest BCUT2D eigenvalue weighted by Gasteiger charge is -2.36. The Bertz CT molecular complexity index is 1070. The molecule has 0 radical (unpaired) electrons. The summed E-state index contributed by atoms with van der Waals surface area (Å²) in [7, 11) is -2.12. The molecule has 1 aromatic rings. The van der Waals surface area contributed by atoms with Gasteiger partial charge in [-0.3, -0.25) is 0 Å². The van der Waals surface area contributed by atoms with Crippen LogP contribution in [-0.2, 0) is 10.2 Å². The largest absolute Gasteiger partial charge is 0.494 e. The average Bonchev–Trinajstić information content (AvgIpc) is 2.92. The topological polar surface area (TPSA) is 106 Å². The molecule has 0 unspecified atom stereocenters. The first-order valence-corrected chi connectivity index (χ1v) is 16.4. The Kier molecular flexibility index (Phi) is 12.5. The van der Waals surface area contributed by atoms with Crippen molar-refractivity contribution in [2.45, 2.75) is 71.3 Å². The smallest absolute Gasteiger partial charge is 0.407 e. The molecule has 0 aromatic heterocycles. The van der Waals surface area contributed by atoms with Crippen LogP contribution in [0.5, 0.6) is 5.75 Å². The fraction of sp³-hybridized carbons (Fsp3) is 0.759. The second kappa shape index (κ2) is 15.4. The molecule has 2 N–H and O–H groups in total. The molecule has 1 amide bonds. The molecule has 12 heteroatoms. The van der Waals surface area contributed by atoms with Gasteiger partial charge in [-0.1, -0.05) is 19.3 Å². The van der Waals surface area contributed by atoms with Gasteiger partial charge >= 0.3 is 6.09 Å². The number of anilines is 1. The quantitative estimate of drug-likeness (QED) is 0.308. The Balaban J connectivity index is 1.47. The predicted molar refractivity (Wildman–Crippen MR) is 160 cm³/mol.